The Bertz CT molecular complexity index is 234. The predicted octanol–water partition coefficient (Wildman–Crippen LogP) is -0.0823. The lowest BCUT2D eigenvalue weighted by Crippen LogP contribution is -2.31. The van der Waals surface area contributed by atoms with Crippen molar-refractivity contribution in [3.05, 3.63) is 0 Å². The van der Waals surface area contributed by atoms with Gasteiger partial charge in [0, 0.05) is 18.1 Å². The van der Waals surface area contributed by atoms with Crippen molar-refractivity contribution in [1.29, 1.82) is 0 Å². The zero-order valence-corrected chi connectivity index (χ0v) is 9.62. The minimum atomic E-state index is -0.933. The van der Waals surface area contributed by atoms with E-state index in [0.717, 1.165) is 0 Å². The van der Waals surface area contributed by atoms with E-state index in [4.69, 9.17) is 22.4 Å². The van der Waals surface area contributed by atoms with E-state index in [1.165, 1.54) is 0 Å². The number of nitrogens with two attached hydrogens (primary N) is 1. The van der Waals surface area contributed by atoms with Gasteiger partial charge in [-0.15, -0.1) is 0 Å². The van der Waals surface area contributed by atoms with E-state index in [1.54, 1.807) is 6.92 Å². The third-order valence-corrected chi connectivity index (χ3v) is 1.21. The summed E-state index contributed by atoms with van der Waals surface area (Å²) < 4.78 is 4.17. The Balaban J connectivity index is 0. The van der Waals surface area contributed by atoms with Crippen molar-refractivity contribution in [3.8, 4) is 0 Å². The fraction of sp³-hybridized carbons (Fsp3) is 0.625. The third kappa shape index (κ3) is 18.4. The Kier molecular flexibility index (Phi) is 12.5. The third-order valence-electron chi connectivity index (χ3n) is 1.10. The summed E-state index contributed by atoms with van der Waals surface area (Å²) in [6.07, 6.45) is -0.0638. The lowest BCUT2D eigenvalue weighted by molar-refractivity contribution is -0.136. The first-order valence-corrected chi connectivity index (χ1v) is 4.82. The van der Waals surface area contributed by atoms with Crippen LogP contribution in [0.1, 0.15) is 13.3 Å². The van der Waals surface area contributed by atoms with Gasteiger partial charge in [-0.25, -0.2) is 4.79 Å². The molecule has 0 aromatic carbocycles. The van der Waals surface area contributed by atoms with Crippen LogP contribution in [0.15, 0.2) is 0 Å². The fourth-order valence-electron chi connectivity index (χ4n) is 0.495. The fourth-order valence-corrected chi connectivity index (χ4v) is 0.604. The van der Waals surface area contributed by atoms with E-state index in [-0.39, 0.29) is 25.4 Å². The smallest absolute Gasteiger partial charge is 0.403 e. The Hall–Kier alpha value is -1.34. The first-order chi connectivity index (χ1) is 7.43. The number of nitrogens with one attached hydrogen (secondary N) is 1. The van der Waals surface area contributed by atoms with Gasteiger partial charge in [0.05, 0.1) is 19.6 Å². The van der Waals surface area contributed by atoms with Crippen LogP contribution in [0.2, 0.25) is 0 Å². The van der Waals surface area contributed by atoms with Gasteiger partial charge in [-0.3, -0.25) is 9.59 Å². The van der Waals surface area contributed by atoms with Crippen LogP contribution < -0.4 is 11.1 Å². The maximum Gasteiger partial charge on any atom is 0.403 e. The second-order valence-electron chi connectivity index (χ2n) is 2.37. The summed E-state index contributed by atoms with van der Waals surface area (Å²) in [5, 5.41) is 10.4. The summed E-state index contributed by atoms with van der Waals surface area (Å²) in [5.74, 6) is -1.27. The molecule has 0 atom stereocenters. The monoisotopic (exact) mass is 254 g/mol. The molecule has 0 aliphatic carbocycles. The van der Waals surface area contributed by atoms with Gasteiger partial charge in [0.1, 0.15) is 0 Å². The number of carboxylic acids is 1. The van der Waals surface area contributed by atoms with Gasteiger partial charge < -0.3 is 20.9 Å². The molecule has 4 N–H and O–H groups in total. The molecule has 7 nitrogen and oxygen atoms in total. The Morgan fingerprint density at radius 3 is 2.25 bits per heavy atom. The molecule has 0 fully saturated rings. The van der Waals surface area contributed by atoms with Crippen molar-refractivity contribution in [1.82, 2.24) is 5.32 Å². The number of carbonyl (C=O) groups is 3. The summed E-state index contributed by atoms with van der Waals surface area (Å²) in [5.41, 5.74) is 4.19. The van der Waals surface area contributed by atoms with Crippen LogP contribution in [0.4, 0.5) is 4.79 Å². The van der Waals surface area contributed by atoms with E-state index in [2.05, 4.69) is 10.1 Å². The minimum Gasteiger partial charge on any atom is -0.481 e. The Labute approximate surface area is 97.9 Å². The van der Waals surface area contributed by atoms with Gasteiger partial charge in [0.2, 0.25) is 5.91 Å². The summed E-state index contributed by atoms with van der Waals surface area (Å²) in [6.45, 7) is 2.09. The maximum absolute atomic E-state index is 10.4. The number of hydrogen-bond acceptors (Lipinski definition) is 5. The van der Waals surface area contributed by atoms with E-state index < -0.39 is 11.4 Å². The zero-order chi connectivity index (χ0) is 13.0. The lowest BCUT2D eigenvalue weighted by Gasteiger charge is -1.98. The molecule has 0 aliphatic rings. The van der Waals surface area contributed by atoms with Crippen LogP contribution in [0.3, 0.4) is 0 Å². The van der Waals surface area contributed by atoms with Gasteiger partial charge in [0.25, 0.3) is 0 Å². The second-order valence-corrected chi connectivity index (χ2v) is 2.68. The van der Waals surface area contributed by atoms with Gasteiger partial charge in [-0.1, -0.05) is 0 Å². The van der Waals surface area contributed by atoms with Crippen LogP contribution in [-0.4, -0.2) is 42.1 Å². The van der Waals surface area contributed by atoms with Gasteiger partial charge >= 0.3 is 11.4 Å². The molecule has 0 heterocycles. The highest BCUT2D eigenvalue weighted by atomic mass is 35.5. The standard InChI is InChI=1S/C5H10N2O3.C3H5ClO2/c6-3-4(8)7-2-1-5(9)10;1-2-6-3(4)5/h1-3,6H2,(H,7,8)(H,9,10);2H2,1H3. The molecule has 8 heteroatoms. The molecular weight excluding hydrogens is 240 g/mol. The molecule has 0 aromatic heterocycles. The van der Waals surface area contributed by atoms with Crippen molar-refractivity contribution in [2.24, 2.45) is 5.73 Å². The predicted molar refractivity (Wildman–Crippen MR) is 57.2 cm³/mol. The van der Waals surface area contributed by atoms with Crippen molar-refractivity contribution < 1.29 is 24.2 Å². The molecule has 94 valence electrons. The molecule has 0 saturated carbocycles. The molecule has 0 bridgehead atoms. The summed E-state index contributed by atoms with van der Waals surface area (Å²) in [6, 6.07) is 0. The maximum atomic E-state index is 10.4. The molecule has 16 heavy (non-hydrogen) atoms. The van der Waals surface area contributed by atoms with Crippen molar-refractivity contribution >= 4 is 28.9 Å². The molecule has 0 saturated heterocycles. The molecule has 0 aromatic rings. The summed E-state index contributed by atoms with van der Waals surface area (Å²) in [7, 11) is 0. The zero-order valence-electron chi connectivity index (χ0n) is 8.86. The number of ether oxygens (including phenoxy) is 1. The van der Waals surface area contributed by atoms with Crippen molar-refractivity contribution in [2.75, 3.05) is 19.7 Å². The first kappa shape index (κ1) is 17.1. The topological polar surface area (TPSA) is 119 Å². The number of carbonyl (C=O) groups excluding carboxylic acids is 2. The quantitative estimate of drug-likeness (QED) is 0.591. The van der Waals surface area contributed by atoms with Crippen LogP contribution in [0, 0.1) is 0 Å². The molecule has 0 spiro atoms. The van der Waals surface area contributed by atoms with Gasteiger partial charge in [-0.2, -0.15) is 0 Å². The molecule has 0 rings (SSSR count). The number of amides is 1. The average Bonchev–Trinajstić information content (AvgIpc) is 2.17. The van der Waals surface area contributed by atoms with E-state index in [9.17, 15) is 14.4 Å². The molecule has 1 amide bonds. The van der Waals surface area contributed by atoms with E-state index >= 15 is 0 Å². The highest BCUT2D eigenvalue weighted by Gasteiger charge is 1.98. The van der Waals surface area contributed by atoms with Crippen LogP contribution in [0.5, 0.6) is 0 Å². The van der Waals surface area contributed by atoms with E-state index in [0.29, 0.717) is 6.61 Å². The summed E-state index contributed by atoms with van der Waals surface area (Å²) >= 11 is 4.72. The van der Waals surface area contributed by atoms with Crippen LogP contribution in [-0.2, 0) is 14.3 Å². The average molecular weight is 255 g/mol. The number of rotatable bonds is 5. The largest absolute Gasteiger partial charge is 0.481 e. The molecule has 0 unspecified atom stereocenters. The lowest BCUT2D eigenvalue weighted by atomic mass is 10.4. The number of aliphatic carboxylic acids is 1. The first-order valence-electron chi connectivity index (χ1n) is 4.44. The second kappa shape index (κ2) is 11.7. The molecule has 0 aliphatic heterocycles. The number of carboxylic acid groups (broad SMARTS) is 1. The molecule has 0 radical (unpaired) electrons. The van der Waals surface area contributed by atoms with E-state index in [1.807, 2.05) is 0 Å². The number of halogens is 1. The molecular formula is C8H15ClN2O5. The normalized spacial score (nSPS) is 8.44. The van der Waals surface area contributed by atoms with Crippen molar-refractivity contribution in [2.45, 2.75) is 13.3 Å². The minimum absolute atomic E-state index is 0.0638. The summed E-state index contributed by atoms with van der Waals surface area (Å²) in [4.78, 5) is 29.8. The Morgan fingerprint density at radius 1 is 1.44 bits per heavy atom. The van der Waals surface area contributed by atoms with Gasteiger partial charge in [-0.05, 0) is 6.92 Å². The highest BCUT2D eigenvalue weighted by molar-refractivity contribution is 6.61. The number of hydrogen-bond donors (Lipinski definition) is 3. The van der Waals surface area contributed by atoms with Crippen molar-refractivity contribution in [3.63, 3.8) is 0 Å². The Morgan fingerprint density at radius 2 is 2.00 bits per heavy atom. The van der Waals surface area contributed by atoms with Crippen LogP contribution >= 0.6 is 11.6 Å². The van der Waals surface area contributed by atoms with Gasteiger partial charge in [0.15, 0.2) is 0 Å². The SMILES string of the molecule is CCOC(=O)Cl.NCC(=O)NCCC(=O)O. The highest BCUT2D eigenvalue weighted by Crippen LogP contribution is 1.82. The van der Waals surface area contributed by atoms with Crippen LogP contribution in [0.25, 0.3) is 0 Å².